The molecule has 0 unspecified atom stereocenters. The molecule has 4 heteroatoms. The average molecular weight is 515 g/mol. The number of fused-ring (bicyclic) bond motifs is 6. The molecule has 2 bridgehead atoms. The Bertz CT molecular complexity index is 1740. The molecule has 0 saturated heterocycles. The monoisotopic (exact) mass is 514 g/mol. The Balaban J connectivity index is 1.49. The van der Waals surface area contributed by atoms with Crippen molar-refractivity contribution in [3.05, 3.63) is 64.8 Å². The van der Waals surface area contributed by atoms with Crippen molar-refractivity contribution in [1.82, 2.24) is 9.78 Å². The van der Waals surface area contributed by atoms with Crippen LogP contribution in [-0.2, 0) is 21.7 Å². The quantitative estimate of drug-likeness (QED) is 0.212. The van der Waals surface area contributed by atoms with E-state index in [0.717, 1.165) is 17.2 Å². The van der Waals surface area contributed by atoms with Crippen LogP contribution in [-0.4, -0.2) is 16.5 Å². The Kier molecular flexibility index (Phi) is 4.28. The van der Waals surface area contributed by atoms with Crippen LogP contribution in [0.15, 0.2) is 42.5 Å². The highest BCUT2D eigenvalue weighted by Gasteiger charge is 2.50. The van der Waals surface area contributed by atoms with Crippen molar-refractivity contribution >= 4 is 34.0 Å². The summed E-state index contributed by atoms with van der Waals surface area (Å²) < 4.78 is 9.20. The first-order chi connectivity index (χ1) is 18.3. The van der Waals surface area contributed by atoms with Crippen molar-refractivity contribution in [2.45, 2.75) is 103 Å². The van der Waals surface area contributed by atoms with Crippen molar-refractivity contribution in [1.29, 1.82) is 0 Å². The van der Waals surface area contributed by atoms with E-state index < -0.39 is 0 Å². The molecule has 198 valence electrons. The molecule has 4 aromatic rings. The van der Waals surface area contributed by atoms with E-state index in [4.69, 9.17) is 9.84 Å². The van der Waals surface area contributed by atoms with Gasteiger partial charge in [-0.1, -0.05) is 79.7 Å². The minimum absolute atomic E-state index is 0.00216. The van der Waals surface area contributed by atoms with Gasteiger partial charge >= 0.3 is 0 Å². The Labute approximate surface area is 233 Å². The van der Waals surface area contributed by atoms with E-state index in [1.165, 1.54) is 69.8 Å². The standard InChI is InChI=1S/C35H39BN2O/c1-32(2,3)20-16-26-29-28(17-20)39-27-19-23-22(34(7)12-14-35(23,8)15-13-34)18-25(27)36(29)24-11-9-10-21-30(24)38(26)37-31(21)33(4,5)6/h9-11,16-19H,12-15H2,1-8H3. The maximum absolute atomic E-state index is 6.96. The lowest BCUT2D eigenvalue weighted by atomic mass is 9.34. The van der Waals surface area contributed by atoms with E-state index in [2.05, 4.69) is 103 Å². The molecule has 1 saturated carbocycles. The molecule has 9 rings (SSSR count). The molecule has 0 N–H and O–H groups in total. The van der Waals surface area contributed by atoms with Gasteiger partial charge in [0.1, 0.15) is 11.5 Å². The summed E-state index contributed by atoms with van der Waals surface area (Å²) in [5.41, 5.74) is 12.4. The van der Waals surface area contributed by atoms with Gasteiger partial charge in [0, 0.05) is 10.8 Å². The molecular formula is C35H39BN2O. The minimum atomic E-state index is -0.0521. The summed E-state index contributed by atoms with van der Waals surface area (Å²) in [7, 11) is 0. The Morgan fingerprint density at radius 1 is 0.795 bits per heavy atom. The van der Waals surface area contributed by atoms with Crippen LogP contribution >= 0.6 is 0 Å². The van der Waals surface area contributed by atoms with Crippen LogP contribution in [0, 0.1) is 0 Å². The number of hydrogen-bond donors (Lipinski definition) is 0. The van der Waals surface area contributed by atoms with E-state index in [1.807, 2.05) is 0 Å². The largest absolute Gasteiger partial charge is 0.458 e. The molecule has 3 aromatic carbocycles. The number of benzene rings is 3. The van der Waals surface area contributed by atoms with E-state index >= 15 is 0 Å². The second-order valence-electron chi connectivity index (χ2n) is 15.5. The fourth-order valence-corrected chi connectivity index (χ4v) is 8.15. The van der Waals surface area contributed by atoms with Gasteiger partial charge in [0.15, 0.2) is 0 Å². The van der Waals surface area contributed by atoms with Gasteiger partial charge in [0.05, 0.1) is 16.9 Å². The zero-order chi connectivity index (χ0) is 27.3. The maximum Gasteiger partial charge on any atom is 0.256 e. The first-order valence-corrected chi connectivity index (χ1v) is 14.9. The molecular weight excluding hydrogens is 475 g/mol. The fraction of sp³-hybridized carbons (Fsp3) is 0.457. The van der Waals surface area contributed by atoms with Crippen LogP contribution in [0.1, 0.15) is 103 Å². The van der Waals surface area contributed by atoms with Crippen molar-refractivity contribution in [2.75, 3.05) is 0 Å². The maximum atomic E-state index is 6.96. The number of para-hydroxylation sites is 1. The van der Waals surface area contributed by atoms with Crippen LogP contribution in [0.2, 0.25) is 0 Å². The van der Waals surface area contributed by atoms with Gasteiger partial charge in [0.2, 0.25) is 0 Å². The van der Waals surface area contributed by atoms with Gasteiger partial charge in [-0.3, -0.25) is 0 Å². The molecule has 2 aliphatic heterocycles. The van der Waals surface area contributed by atoms with Crippen LogP contribution in [0.5, 0.6) is 11.5 Å². The van der Waals surface area contributed by atoms with Gasteiger partial charge in [-0.15, -0.1) is 0 Å². The first kappa shape index (κ1) is 23.8. The van der Waals surface area contributed by atoms with Crippen LogP contribution in [0.25, 0.3) is 16.6 Å². The van der Waals surface area contributed by atoms with Gasteiger partial charge in [-0.2, -0.15) is 5.10 Å². The highest BCUT2D eigenvalue weighted by Crippen LogP contribution is 2.57. The number of ether oxygens (including phenoxy) is 1. The normalized spacial score (nSPS) is 24.4. The molecule has 0 spiro atoms. The fourth-order valence-electron chi connectivity index (χ4n) is 8.15. The molecule has 0 amide bonds. The highest BCUT2D eigenvalue weighted by molar-refractivity contribution is 6.99. The van der Waals surface area contributed by atoms with Crippen molar-refractivity contribution in [3.8, 4) is 17.2 Å². The molecule has 3 nitrogen and oxygen atoms in total. The third-order valence-electron chi connectivity index (χ3n) is 10.7. The summed E-state index contributed by atoms with van der Waals surface area (Å²) in [5, 5.41) is 6.60. The van der Waals surface area contributed by atoms with Crippen molar-refractivity contribution in [2.24, 2.45) is 0 Å². The Hall–Kier alpha value is -3.01. The third kappa shape index (κ3) is 2.98. The van der Waals surface area contributed by atoms with Crippen molar-refractivity contribution in [3.63, 3.8) is 0 Å². The molecule has 0 atom stereocenters. The Morgan fingerprint density at radius 2 is 1.46 bits per heavy atom. The minimum Gasteiger partial charge on any atom is -0.458 e. The van der Waals surface area contributed by atoms with Crippen LogP contribution < -0.4 is 21.1 Å². The summed E-state index contributed by atoms with van der Waals surface area (Å²) in [6.45, 7) is 18.8. The first-order valence-electron chi connectivity index (χ1n) is 14.9. The van der Waals surface area contributed by atoms with Gasteiger partial charge < -0.3 is 4.74 Å². The molecule has 3 aliphatic carbocycles. The van der Waals surface area contributed by atoms with Gasteiger partial charge in [-0.05, 0) is 93.2 Å². The summed E-state index contributed by atoms with van der Waals surface area (Å²) in [5.74, 6) is 2.06. The lowest BCUT2D eigenvalue weighted by molar-refractivity contribution is 0.187. The second kappa shape index (κ2) is 7.00. The number of hydrogen-bond acceptors (Lipinski definition) is 2. The molecule has 1 aromatic heterocycles. The third-order valence-corrected chi connectivity index (χ3v) is 10.7. The molecule has 3 heterocycles. The smallest absolute Gasteiger partial charge is 0.256 e. The van der Waals surface area contributed by atoms with E-state index in [1.54, 1.807) is 5.56 Å². The molecule has 5 aliphatic rings. The van der Waals surface area contributed by atoms with E-state index in [9.17, 15) is 0 Å². The lowest BCUT2D eigenvalue weighted by Crippen LogP contribution is -2.59. The van der Waals surface area contributed by atoms with Gasteiger partial charge in [0.25, 0.3) is 6.71 Å². The van der Waals surface area contributed by atoms with Crippen molar-refractivity contribution < 1.29 is 4.74 Å². The van der Waals surface area contributed by atoms with Crippen LogP contribution in [0.3, 0.4) is 0 Å². The number of nitrogens with zero attached hydrogens (tertiary/aromatic N) is 2. The topological polar surface area (TPSA) is 27.1 Å². The molecule has 39 heavy (non-hydrogen) atoms. The predicted molar refractivity (Wildman–Crippen MR) is 163 cm³/mol. The Morgan fingerprint density at radius 3 is 2.10 bits per heavy atom. The lowest BCUT2D eigenvalue weighted by Gasteiger charge is -2.52. The van der Waals surface area contributed by atoms with Gasteiger partial charge in [-0.25, -0.2) is 4.68 Å². The summed E-state index contributed by atoms with van der Waals surface area (Å²) in [6.07, 6.45) is 5.13. The zero-order valence-corrected chi connectivity index (χ0v) is 24.7. The van der Waals surface area contributed by atoms with Crippen LogP contribution in [0.4, 0.5) is 0 Å². The highest BCUT2D eigenvalue weighted by atomic mass is 16.5. The summed E-state index contributed by atoms with van der Waals surface area (Å²) in [4.78, 5) is 0. The number of rotatable bonds is 0. The SMILES string of the molecule is CC(C)(C)c1cc2c3c(c1)-n1nc(C(C)(C)C)c4cccc(c41)B3c1cc3c(cc1O2)C1(C)CCC3(C)CC1. The number of aromatic nitrogens is 2. The average Bonchev–Trinajstić information content (AvgIpc) is 3.27. The summed E-state index contributed by atoms with van der Waals surface area (Å²) in [6, 6.07) is 16.6. The molecule has 1 fully saturated rings. The van der Waals surface area contributed by atoms with E-state index in [-0.39, 0.29) is 28.4 Å². The predicted octanol–water partition coefficient (Wildman–Crippen LogP) is 6.66. The summed E-state index contributed by atoms with van der Waals surface area (Å²) >= 11 is 0. The molecule has 0 radical (unpaired) electrons. The van der Waals surface area contributed by atoms with E-state index in [0.29, 0.717) is 0 Å². The second-order valence-corrected chi connectivity index (χ2v) is 15.5. The zero-order valence-electron chi connectivity index (χ0n) is 24.7.